The van der Waals surface area contributed by atoms with Crippen molar-refractivity contribution in [3.8, 4) is 0 Å². The first kappa shape index (κ1) is 24.0. The van der Waals surface area contributed by atoms with Crippen LogP contribution in [0.5, 0.6) is 0 Å². The summed E-state index contributed by atoms with van der Waals surface area (Å²) >= 11 is 1.87. The number of thiophene rings is 1. The molecule has 1 saturated heterocycles. The maximum Gasteiger partial charge on any atom is 0.118 e. The van der Waals surface area contributed by atoms with E-state index in [2.05, 4.69) is 58.1 Å². The highest BCUT2D eigenvalue weighted by atomic mass is 32.1. The minimum Gasteiger partial charge on any atom is -0.357 e. The van der Waals surface area contributed by atoms with E-state index in [-0.39, 0.29) is 24.7 Å². The number of nitrogens with zero attached hydrogens (tertiary/aromatic N) is 2. The Morgan fingerprint density at radius 3 is 2.76 bits per heavy atom. The Morgan fingerprint density at radius 2 is 2.00 bits per heavy atom. The SMILES string of the molecule is C[C@@H]1Cc2c([nH]c3ccccc23)[C@@H](c2ccc(CCCN3CC[C@@H](CF)C3)s2)N1CC(C)(C)F. The highest BCUT2D eigenvalue weighted by Gasteiger charge is 2.39. The van der Waals surface area contributed by atoms with Crippen molar-refractivity contribution in [3.05, 3.63) is 57.4 Å². The van der Waals surface area contributed by atoms with Gasteiger partial charge in [0.05, 0.1) is 12.7 Å². The first-order valence-electron chi connectivity index (χ1n) is 12.7. The Labute approximate surface area is 206 Å². The largest absolute Gasteiger partial charge is 0.357 e. The normalized spacial score (nSPS) is 24.2. The molecule has 3 nitrogen and oxygen atoms in total. The number of aryl methyl sites for hydroxylation is 1. The van der Waals surface area contributed by atoms with Crippen molar-refractivity contribution in [2.24, 2.45) is 5.92 Å². The molecule has 184 valence electrons. The van der Waals surface area contributed by atoms with Crippen LogP contribution >= 0.6 is 11.3 Å². The molecule has 2 aromatic heterocycles. The number of hydrogen-bond donors (Lipinski definition) is 1. The number of alkyl halides is 2. The van der Waals surface area contributed by atoms with Gasteiger partial charge in [-0.1, -0.05) is 18.2 Å². The number of H-pyrrole nitrogens is 1. The average Bonchev–Trinajstić information content (AvgIpc) is 3.52. The van der Waals surface area contributed by atoms with Gasteiger partial charge in [-0.15, -0.1) is 11.3 Å². The van der Waals surface area contributed by atoms with E-state index in [1.54, 1.807) is 13.8 Å². The zero-order valence-corrected chi connectivity index (χ0v) is 21.4. The van der Waals surface area contributed by atoms with Gasteiger partial charge >= 0.3 is 0 Å². The predicted octanol–water partition coefficient (Wildman–Crippen LogP) is 6.54. The molecule has 0 saturated carbocycles. The zero-order valence-electron chi connectivity index (χ0n) is 20.6. The number of fused-ring (bicyclic) bond motifs is 3. The lowest BCUT2D eigenvalue weighted by molar-refractivity contribution is 0.0679. The highest BCUT2D eigenvalue weighted by Crippen LogP contribution is 2.43. The molecular formula is C28H37F2N3S. The van der Waals surface area contributed by atoms with Gasteiger partial charge in [0.15, 0.2) is 0 Å². The minimum atomic E-state index is -1.26. The molecule has 0 unspecified atom stereocenters. The number of hydrogen-bond acceptors (Lipinski definition) is 3. The first-order chi connectivity index (χ1) is 16.3. The summed E-state index contributed by atoms with van der Waals surface area (Å²) in [6.45, 7) is 8.80. The fourth-order valence-electron chi connectivity index (χ4n) is 5.89. The number of rotatable bonds is 8. The summed E-state index contributed by atoms with van der Waals surface area (Å²) in [6.07, 6.45) is 4.06. The molecule has 2 aliphatic heterocycles. The van der Waals surface area contributed by atoms with Gasteiger partial charge in [0.2, 0.25) is 0 Å². The summed E-state index contributed by atoms with van der Waals surface area (Å²) in [6, 6.07) is 13.3. The number of likely N-dealkylation sites (tertiary alicyclic amines) is 1. The van der Waals surface area contributed by atoms with E-state index in [0.29, 0.717) is 6.54 Å². The molecule has 3 atom stereocenters. The Balaban J connectivity index is 1.38. The Bertz CT molecular complexity index is 1110. The van der Waals surface area contributed by atoms with E-state index in [1.807, 2.05) is 11.3 Å². The summed E-state index contributed by atoms with van der Waals surface area (Å²) in [5.74, 6) is 0.234. The lowest BCUT2D eigenvalue weighted by Gasteiger charge is -2.42. The van der Waals surface area contributed by atoms with Crippen molar-refractivity contribution >= 4 is 22.2 Å². The fourth-order valence-corrected chi connectivity index (χ4v) is 7.07. The van der Waals surface area contributed by atoms with Crippen LogP contribution in [0, 0.1) is 5.92 Å². The van der Waals surface area contributed by atoms with Crippen molar-refractivity contribution in [1.29, 1.82) is 0 Å². The monoisotopic (exact) mass is 485 g/mol. The van der Waals surface area contributed by atoms with Crippen LogP contribution in [0.3, 0.4) is 0 Å². The summed E-state index contributed by atoms with van der Waals surface area (Å²) in [7, 11) is 0. The summed E-state index contributed by atoms with van der Waals surface area (Å²) in [5, 5.41) is 1.29. The van der Waals surface area contributed by atoms with Gasteiger partial charge in [0, 0.05) is 51.4 Å². The zero-order chi connectivity index (χ0) is 23.9. The maximum atomic E-state index is 14.9. The second kappa shape index (κ2) is 9.71. The molecule has 6 heteroatoms. The third kappa shape index (κ3) is 4.95. The van der Waals surface area contributed by atoms with E-state index in [4.69, 9.17) is 0 Å². The third-order valence-corrected chi connectivity index (χ3v) is 8.71. The smallest absolute Gasteiger partial charge is 0.118 e. The molecule has 0 radical (unpaired) electrons. The van der Waals surface area contributed by atoms with E-state index in [0.717, 1.165) is 45.3 Å². The highest BCUT2D eigenvalue weighted by molar-refractivity contribution is 7.12. The van der Waals surface area contributed by atoms with Gasteiger partial charge in [-0.05, 0) is 83.3 Å². The fraction of sp³-hybridized carbons (Fsp3) is 0.571. The second-order valence-corrected chi connectivity index (χ2v) is 12.1. The van der Waals surface area contributed by atoms with Crippen LogP contribution in [0.25, 0.3) is 10.9 Å². The molecule has 1 fully saturated rings. The lowest BCUT2D eigenvalue weighted by atomic mass is 9.90. The van der Waals surface area contributed by atoms with Gasteiger partial charge in [-0.3, -0.25) is 9.29 Å². The number of nitrogens with one attached hydrogen (secondary N) is 1. The van der Waals surface area contributed by atoms with Crippen LogP contribution in [0.2, 0.25) is 0 Å². The van der Waals surface area contributed by atoms with Crippen LogP contribution in [0.1, 0.15) is 60.7 Å². The Hall–Kier alpha value is -1.76. The number of aromatic amines is 1. The molecule has 3 aromatic rings. The third-order valence-electron chi connectivity index (χ3n) is 7.51. The summed E-state index contributed by atoms with van der Waals surface area (Å²) < 4.78 is 27.8. The quantitative estimate of drug-likeness (QED) is 0.391. The lowest BCUT2D eigenvalue weighted by Crippen LogP contribution is -2.47. The molecule has 1 N–H and O–H groups in total. The standard InChI is InChI=1S/C28H37F2N3S/c1-19-15-23-22-8-4-5-9-24(22)31-26(23)27(33(19)18-28(2,3)30)25-11-10-21(34-25)7-6-13-32-14-12-20(16-29)17-32/h4-5,8-11,19-20,27,31H,6-7,12-18H2,1-3H3/t19-,20+,27-/m1/s1. The molecule has 0 bridgehead atoms. The first-order valence-corrected chi connectivity index (χ1v) is 13.5. The molecular weight excluding hydrogens is 448 g/mol. The van der Waals surface area contributed by atoms with Crippen molar-refractivity contribution in [2.75, 3.05) is 32.9 Å². The molecule has 4 heterocycles. The Kier molecular flexibility index (Phi) is 6.84. The number of halogens is 2. The average molecular weight is 486 g/mol. The number of aromatic nitrogens is 1. The van der Waals surface area contributed by atoms with Crippen LogP contribution in [0.15, 0.2) is 36.4 Å². The minimum absolute atomic E-state index is 0.0452. The van der Waals surface area contributed by atoms with Crippen LogP contribution in [0.4, 0.5) is 8.78 Å². The van der Waals surface area contributed by atoms with Crippen LogP contribution in [-0.2, 0) is 12.8 Å². The molecule has 2 aliphatic rings. The van der Waals surface area contributed by atoms with Crippen molar-refractivity contribution < 1.29 is 8.78 Å². The van der Waals surface area contributed by atoms with E-state index in [1.165, 1.54) is 31.9 Å². The molecule has 0 aliphatic carbocycles. The molecule has 34 heavy (non-hydrogen) atoms. The van der Waals surface area contributed by atoms with Crippen molar-refractivity contribution in [3.63, 3.8) is 0 Å². The van der Waals surface area contributed by atoms with E-state index >= 15 is 0 Å². The topological polar surface area (TPSA) is 22.3 Å². The van der Waals surface area contributed by atoms with Gasteiger partial charge in [0.25, 0.3) is 0 Å². The van der Waals surface area contributed by atoms with E-state index in [9.17, 15) is 8.78 Å². The van der Waals surface area contributed by atoms with Crippen molar-refractivity contribution in [1.82, 2.24) is 14.8 Å². The summed E-state index contributed by atoms with van der Waals surface area (Å²) in [5.41, 5.74) is 2.52. The van der Waals surface area contributed by atoms with Gasteiger partial charge in [-0.25, -0.2) is 4.39 Å². The van der Waals surface area contributed by atoms with E-state index < -0.39 is 5.67 Å². The van der Waals surface area contributed by atoms with Gasteiger partial charge in [0.1, 0.15) is 5.67 Å². The number of benzene rings is 1. The van der Waals surface area contributed by atoms with Gasteiger partial charge in [-0.2, -0.15) is 0 Å². The summed E-state index contributed by atoms with van der Waals surface area (Å²) in [4.78, 5) is 11.1. The second-order valence-electron chi connectivity index (χ2n) is 10.9. The predicted molar refractivity (Wildman–Crippen MR) is 138 cm³/mol. The maximum absolute atomic E-state index is 14.9. The molecule has 0 amide bonds. The molecule has 1 aromatic carbocycles. The van der Waals surface area contributed by atoms with Crippen LogP contribution < -0.4 is 0 Å². The molecule has 0 spiro atoms. The Morgan fingerprint density at radius 1 is 1.18 bits per heavy atom. The molecule has 5 rings (SSSR count). The van der Waals surface area contributed by atoms with Gasteiger partial charge < -0.3 is 9.88 Å². The number of para-hydroxylation sites is 1. The van der Waals surface area contributed by atoms with Crippen LogP contribution in [-0.4, -0.2) is 59.3 Å². The van der Waals surface area contributed by atoms with Crippen molar-refractivity contribution in [2.45, 2.75) is 64.2 Å².